The zero-order chi connectivity index (χ0) is 13.4. The largest absolute Gasteiger partial charge is 0.393 e. The number of hydrogen-bond acceptors (Lipinski definition) is 2. The molecule has 18 heavy (non-hydrogen) atoms. The molecule has 3 unspecified atom stereocenters. The van der Waals surface area contributed by atoms with E-state index in [4.69, 9.17) is 0 Å². The summed E-state index contributed by atoms with van der Waals surface area (Å²) < 4.78 is 0. The van der Waals surface area contributed by atoms with Crippen molar-refractivity contribution in [2.75, 3.05) is 19.6 Å². The molecule has 0 heterocycles. The van der Waals surface area contributed by atoms with Crippen LogP contribution in [0.5, 0.6) is 0 Å². The molecule has 0 radical (unpaired) electrons. The molecule has 2 heteroatoms. The van der Waals surface area contributed by atoms with Gasteiger partial charge in [0.2, 0.25) is 0 Å². The highest BCUT2D eigenvalue weighted by molar-refractivity contribution is 4.80. The number of nitrogens with zero attached hydrogens (tertiary/aromatic N) is 1. The van der Waals surface area contributed by atoms with Crippen LogP contribution in [0.15, 0.2) is 0 Å². The molecule has 0 bridgehead atoms. The van der Waals surface area contributed by atoms with Gasteiger partial charge in [-0.3, -0.25) is 0 Å². The van der Waals surface area contributed by atoms with Gasteiger partial charge in [0, 0.05) is 6.54 Å². The molecule has 0 aromatic heterocycles. The Morgan fingerprint density at radius 1 is 1.06 bits per heavy atom. The third-order valence-electron chi connectivity index (χ3n) is 4.35. The van der Waals surface area contributed by atoms with Gasteiger partial charge in [-0.25, -0.2) is 0 Å². The van der Waals surface area contributed by atoms with Crippen LogP contribution in [0.25, 0.3) is 0 Å². The third-order valence-corrected chi connectivity index (χ3v) is 4.35. The van der Waals surface area contributed by atoms with Crippen molar-refractivity contribution in [3.63, 3.8) is 0 Å². The minimum absolute atomic E-state index is 0.0491. The van der Waals surface area contributed by atoms with E-state index in [0.717, 1.165) is 18.9 Å². The molecular formula is C16H33NO. The van der Waals surface area contributed by atoms with E-state index < -0.39 is 0 Å². The molecule has 1 aliphatic rings. The van der Waals surface area contributed by atoms with Crippen molar-refractivity contribution >= 4 is 0 Å². The van der Waals surface area contributed by atoms with E-state index in [1.807, 2.05) is 0 Å². The average molecular weight is 255 g/mol. The Morgan fingerprint density at radius 3 is 2.22 bits per heavy atom. The summed E-state index contributed by atoms with van der Waals surface area (Å²) in [5, 5.41) is 10.2. The molecule has 2 nitrogen and oxygen atoms in total. The molecule has 1 rings (SSSR count). The lowest BCUT2D eigenvalue weighted by atomic mass is 9.80. The summed E-state index contributed by atoms with van der Waals surface area (Å²) in [7, 11) is 0. The Labute approximate surface area is 114 Å². The van der Waals surface area contributed by atoms with Gasteiger partial charge in [0.25, 0.3) is 0 Å². The normalized spacial score (nSPS) is 28.8. The first-order chi connectivity index (χ1) is 8.67. The maximum atomic E-state index is 10.2. The molecular weight excluding hydrogens is 222 g/mol. The van der Waals surface area contributed by atoms with Crippen LogP contribution in [0.4, 0.5) is 0 Å². The number of unbranched alkanes of at least 4 members (excludes halogenated alkanes) is 2. The van der Waals surface area contributed by atoms with Crippen molar-refractivity contribution in [2.45, 2.75) is 71.8 Å². The smallest absolute Gasteiger partial charge is 0.0580 e. The molecule has 1 fully saturated rings. The van der Waals surface area contributed by atoms with E-state index in [1.165, 1.54) is 51.6 Å². The van der Waals surface area contributed by atoms with E-state index in [0.29, 0.717) is 5.92 Å². The molecule has 0 amide bonds. The Balaban J connectivity index is 2.41. The van der Waals surface area contributed by atoms with Gasteiger partial charge < -0.3 is 10.0 Å². The molecule has 0 aromatic rings. The summed E-state index contributed by atoms with van der Waals surface area (Å²) in [4.78, 5) is 2.60. The van der Waals surface area contributed by atoms with Crippen molar-refractivity contribution in [1.29, 1.82) is 0 Å². The van der Waals surface area contributed by atoms with Gasteiger partial charge in [-0.2, -0.15) is 0 Å². The Bertz CT molecular complexity index is 199. The first-order valence-electron chi connectivity index (χ1n) is 8.07. The SMILES string of the molecule is CCCCN(CCCC)CC1CC(C)CCC1O. The fourth-order valence-corrected chi connectivity index (χ4v) is 3.07. The fourth-order valence-electron chi connectivity index (χ4n) is 3.07. The van der Waals surface area contributed by atoms with Gasteiger partial charge >= 0.3 is 0 Å². The molecule has 0 spiro atoms. The summed E-state index contributed by atoms with van der Waals surface area (Å²) in [6.07, 6.45) is 8.52. The van der Waals surface area contributed by atoms with Gasteiger partial charge in [0.05, 0.1) is 6.10 Å². The van der Waals surface area contributed by atoms with Crippen molar-refractivity contribution in [2.24, 2.45) is 11.8 Å². The van der Waals surface area contributed by atoms with Crippen LogP contribution in [0, 0.1) is 11.8 Å². The van der Waals surface area contributed by atoms with Gasteiger partial charge in [0.15, 0.2) is 0 Å². The van der Waals surface area contributed by atoms with Crippen LogP contribution >= 0.6 is 0 Å². The first-order valence-corrected chi connectivity index (χ1v) is 8.07. The number of aliphatic hydroxyl groups excluding tert-OH is 1. The predicted octanol–water partition coefficient (Wildman–Crippen LogP) is 3.69. The van der Waals surface area contributed by atoms with Crippen LogP contribution in [-0.4, -0.2) is 35.7 Å². The predicted molar refractivity (Wildman–Crippen MR) is 78.8 cm³/mol. The topological polar surface area (TPSA) is 23.5 Å². The highest BCUT2D eigenvalue weighted by Crippen LogP contribution is 2.29. The van der Waals surface area contributed by atoms with Crippen molar-refractivity contribution in [1.82, 2.24) is 4.90 Å². The molecule has 1 aliphatic carbocycles. The van der Waals surface area contributed by atoms with Crippen molar-refractivity contribution in [3.8, 4) is 0 Å². The van der Waals surface area contributed by atoms with Gasteiger partial charge in [0.1, 0.15) is 0 Å². The molecule has 1 N–H and O–H groups in total. The number of rotatable bonds is 8. The second kappa shape index (κ2) is 8.92. The van der Waals surface area contributed by atoms with Crippen LogP contribution < -0.4 is 0 Å². The van der Waals surface area contributed by atoms with E-state index in [9.17, 15) is 5.11 Å². The van der Waals surface area contributed by atoms with E-state index in [1.54, 1.807) is 0 Å². The quantitative estimate of drug-likeness (QED) is 0.715. The molecule has 1 saturated carbocycles. The monoisotopic (exact) mass is 255 g/mol. The Morgan fingerprint density at radius 2 is 1.67 bits per heavy atom. The zero-order valence-corrected chi connectivity index (χ0v) is 12.7. The van der Waals surface area contributed by atoms with Crippen molar-refractivity contribution in [3.05, 3.63) is 0 Å². The maximum absolute atomic E-state index is 10.2. The summed E-state index contributed by atoms with van der Waals surface area (Å²) in [5.41, 5.74) is 0. The minimum atomic E-state index is -0.0491. The molecule has 0 aromatic carbocycles. The number of aliphatic hydroxyl groups is 1. The van der Waals surface area contributed by atoms with Gasteiger partial charge in [-0.15, -0.1) is 0 Å². The summed E-state index contributed by atoms with van der Waals surface area (Å²) in [6.45, 7) is 10.4. The highest BCUT2D eigenvalue weighted by Gasteiger charge is 2.28. The molecule has 3 atom stereocenters. The van der Waals surface area contributed by atoms with E-state index in [-0.39, 0.29) is 6.10 Å². The third kappa shape index (κ3) is 5.71. The van der Waals surface area contributed by atoms with E-state index >= 15 is 0 Å². The lowest BCUT2D eigenvalue weighted by Crippen LogP contribution is -2.39. The first kappa shape index (κ1) is 16.0. The van der Waals surface area contributed by atoms with Crippen molar-refractivity contribution < 1.29 is 5.11 Å². The number of hydrogen-bond donors (Lipinski definition) is 1. The van der Waals surface area contributed by atoms with Gasteiger partial charge in [-0.1, -0.05) is 33.6 Å². The second-order valence-corrected chi connectivity index (χ2v) is 6.25. The maximum Gasteiger partial charge on any atom is 0.0580 e. The summed E-state index contributed by atoms with van der Waals surface area (Å²) in [5.74, 6) is 1.32. The van der Waals surface area contributed by atoms with Crippen LogP contribution in [0.2, 0.25) is 0 Å². The Hall–Kier alpha value is -0.0800. The minimum Gasteiger partial charge on any atom is -0.393 e. The Kier molecular flexibility index (Phi) is 7.92. The van der Waals surface area contributed by atoms with E-state index in [2.05, 4.69) is 25.7 Å². The standard InChI is InChI=1S/C16H33NO/c1-4-6-10-17(11-7-5-2)13-15-12-14(3)8-9-16(15)18/h14-16,18H,4-13H2,1-3H3. The van der Waals surface area contributed by atoms with Gasteiger partial charge in [-0.05, 0) is 57.0 Å². The fraction of sp³-hybridized carbons (Fsp3) is 1.00. The summed E-state index contributed by atoms with van der Waals surface area (Å²) in [6, 6.07) is 0. The lowest BCUT2D eigenvalue weighted by molar-refractivity contribution is 0.0300. The molecule has 108 valence electrons. The summed E-state index contributed by atoms with van der Waals surface area (Å²) >= 11 is 0. The lowest BCUT2D eigenvalue weighted by Gasteiger charge is -2.35. The molecule has 0 saturated heterocycles. The van der Waals surface area contributed by atoms with Crippen LogP contribution in [0.1, 0.15) is 65.7 Å². The second-order valence-electron chi connectivity index (χ2n) is 6.25. The zero-order valence-electron chi connectivity index (χ0n) is 12.7. The average Bonchev–Trinajstić information content (AvgIpc) is 2.37. The molecule has 0 aliphatic heterocycles. The highest BCUT2D eigenvalue weighted by atomic mass is 16.3. The van der Waals surface area contributed by atoms with Crippen LogP contribution in [-0.2, 0) is 0 Å². The van der Waals surface area contributed by atoms with Crippen LogP contribution in [0.3, 0.4) is 0 Å².